The molecule has 0 spiro atoms. The van der Waals surface area contributed by atoms with Gasteiger partial charge in [0.15, 0.2) is 11.6 Å². The van der Waals surface area contributed by atoms with Crippen LogP contribution in [0.15, 0.2) is 18.2 Å². The van der Waals surface area contributed by atoms with Crippen LogP contribution >= 0.6 is 0 Å². The molecule has 2 fully saturated rings. The zero-order valence-electron chi connectivity index (χ0n) is 12.7. The summed E-state index contributed by atoms with van der Waals surface area (Å²) in [6.07, 6.45) is 4.22. The third-order valence-corrected chi connectivity index (χ3v) is 5.06. The fourth-order valence-corrected chi connectivity index (χ4v) is 3.32. The molecule has 0 radical (unpaired) electrons. The molecule has 0 saturated heterocycles. The molecule has 1 aromatic carbocycles. The highest BCUT2D eigenvalue weighted by Gasteiger charge is 2.48. The van der Waals surface area contributed by atoms with Gasteiger partial charge in [0.05, 0.1) is 5.41 Å². The van der Waals surface area contributed by atoms with Gasteiger partial charge in [0, 0.05) is 25.7 Å². The van der Waals surface area contributed by atoms with E-state index < -0.39 is 11.6 Å². The first-order valence-electron chi connectivity index (χ1n) is 7.81. The number of methoxy groups -OCH3 is 1. The van der Waals surface area contributed by atoms with E-state index in [9.17, 15) is 13.6 Å². The third-order valence-electron chi connectivity index (χ3n) is 5.06. The van der Waals surface area contributed by atoms with Crippen molar-refractivity contribution in [1.82, 2.24) is 5.32 Å². The molecule has 2 aliphatic carbocycles. The highest BCUT2D eigenvalue weighted by atomic mass is 19.2. The second kappa shape index (κ2) is 5.95. The summed E-state index contributed by atoms with van der Waals surface area (Å²) in [5.74, 6) is -1.69. The summed E-state index contributed by atoms with van der Waals surface area (Å²) in [6, 6.07) is 4.14. The number of nitrogens with one attached hydrogen (secondary N) is 1. The van der Waals surface area contributed by atoms with Crippen LogP contribution in [0.1, 0.15) is 43.6 Å². The van der Waals surface area contributed by atoms with E-state index in [0.717, 1.165) is 31.7 Å². The molecule has 2 aliphatic rings. The predicted octanol–water partition coefficient (Wildman–Crippen LogP) is 3.14. The van der Waals surface area contributed by atoms with Gasteiger partial charge in [0.25, 0.3) is 0 Å². The number of carbonyl (C=O) groups excluding carboxylic acids is 1. The number of carbonyl (C=O) groups is 1. The lowest BCUT2D eigenvalue weighted by atomic mass is 9.66. The van der Waals surface area contributed by atoms with E-state index in [2.05, 4.69) is 5.32 Å². The summed E-state index contributed by atoms with van der Waals surface area (Å²) in [7, 11) is 1.63. The normalized spacial score (nSPS) is 25.4. The highest BCUT2D eigenvalue weighted by molar-refractivity contribution is 5.84. The maximum absolute atomic E-state index is 13.8. The average Bonchev–Trinajstić information content (AvgIpc) is 3.20. The van der Waals surface area contributed by atoms with Crippen molar-refractivity contribution in [2.75, 3.05) is 13.7 Å². The Hall–Kier alpha value is -1.49. The van der Waals surface area contributed by atoms with Crippen LogP contribution < -0.4 is 5.32 Å². The first-order valence-corrected chi connectivity index (χ1v) is 7.81. The molecule has 0 aliphatic heterocycles. The van der Waals surface area contributed by atoms with Crippen LogP contribution in [0.4, 0.5) is 8.78 Å². The van der Waals surface area contributed by atoms with Gasteiger partial charge in [-0.15, -0.1) is 0 Å². The summed E-state index contributed by atoms with van der Waals surface area (Å²) in [4.78, 5) is 12.5. The number of rotatable bonds is 6. The van der Waals surface area contributed by atoms with E-state index >= 15 is 0 Å². The van der Waals surface area contributed by atoms with E-state index in [1.165, 1.54) is 6.07 Å². The van der Waals surface area contributed by atoms with Crippen LogP contribution in [-0.4, -0.2) is 25.7 Å². The molecule has 0 unspecified atom stereocenters. The van der Waals surface area contributed by atoms with Gasteiger partial charge in [-0.1, -0.05) is 18.6 Å². The number of hydrogen-bond acceptors (Lipinski definition) is 2. The molecular weight excluding hydrogens is 288 g/mol. The van der Waals surface area contributed by atoms with Gasteiger partial charge in [-0.05, 0) is 37.3 Å². The van der Waals surface area contributed by atoms with Crippen LogP contribution in [0.25, 0.3) is 0 Å². The topological polar surface area (TPSA) is 38.3 Å². The molecule has 120 valence electrons. The second-order valence-corrected chi connectivity index (χ2v) is 6.44. The average molecular weight is 309 g/mol. The molecule has 0 aromatic heterocycles. The van der Waals surface area contributed by atoms with E-state index in [4.69, 9.17) is 4.74 Å². The quantitative estimate of drug-likeness (QED) is 0.876. The van der Waals surface area contributed by atoms with Crippen molar-refractivity contribution >= 4 is 5.91 Å². The van der Waals surface area contributed by atoms with Crippen LogP contribution in [0.3, 0.4) is 0 Å². The van der Waals surface area contributed by atoms with Crippen molar-refractivity contribution < 1.29 is 18.3 Å². The van der Waals surface area contributed by atoms with Crippen molar-refractivity contribution in [1.29, 1.82) is 0 Å². The zero-order valence-corrected chi connectivity index (χ0v) is 12.7. The largest absolute Gasteiger partial charge is 0.385 e. The molecule has 22 heavy (non-hydrogen) atoms. The van der Waals surface area contributed by atoms with Gasteiger partial charge < -0.3 is 10.1 Å². The highest BCUT2D eigenvalue weighted by Crippen LogP contribution is 2.47. The van der Waals surface area contributed by atoms with E-state index in [1.54, 1.807) is 13.2 Å². The molecule has 2 atom stereocenters. The fraction of sp³-hybridized carbons (Fsp3) is 0.588. The van der Waals surface area contributed by atoms with Gasteiger partial charge in [-0.25, -0.2) is 8.78 Å². The predicted molar refractivity (Wildman–Crippen MR) is 78.4 cm³/mol. The Balaban J connectivity index is 1.61. The lowest BCUT2D eigenvalue weighted by molar-refractivity contribution is -0.137. The van der Waals surface area contributed by atoms with E-state index in [0.29, 0.717) is 18.6 Å². The van der Waals surface area contributed by atoms with Crippen molar-refractivity contribution in [3.8, 4) is 0 Å². The maximum atomic E-state index is 13.8. The van der Waals surface area contributed by atoms with Gasteiger partial charge in [0.1, 0.15) is 0 Å². The molecule has 1 N–H and O–H groups in total. The molecule has 3 nitrogen and oxygen atoms in total. The smallest absolute Gasteiger partial charge is 0.226 e. The standard InChI is InChI=1S/C17H21F2NO2/c1-22-9-8-17(6-3-7-17)16(21)20-14-10-12(14)11-4-2-5-13(18)15(11)19/h2,4-5,12,14H,3,6-10H2,1H3,(H,20,21)/t12-,14-/m1/s1. The first-order chi connectivity index (χ1) is 10.6. The van der Waals surface area contributed by atoms with Gasteiger partial charge in [-0.3, -0.25) is 4.79 Å². The monoisotopic (exact) mass is 309 g/mol. The minimum atomic E-state index is -0.829. The molecule has 1 amide bonds. The van der Waals surface area contributed by atoms with Gasteiger partial charge in [0.2, 0.25) is 5.91 Å². The molecule has 5 heteroatoms. The number of hydrogen-bond donors (Lipinski definition) is 1. The number of ether oxygens (including phenoxy) is 1. The zero-order chi connectivity index (χ0) is 15.7. The fourth-order valence-electron chi connectivity index (χ4n) is 3.32. The summed E-state index contributed by atoms with van der Waals surface area (Å²) >= 11 is 0. The van der Waals surface area contributed by atoms with Crippen LogP contribution in [0, 0.1) is 17.0 Å². The van der Waals surface area contributed by atoms with Crippen LogP contribution in [0.2, 0.25) is 0 Å². The van der Waals surface area contributed by atoms with Crippen molar-refractivity contribution in [3.05, 3.63) is 35.4 Å². The minimum Gasteiger partial charge on any atom is -0.385 e. The number of amides is 1. The Kier molecular flexibility index (Phi) is 4.17. The first kappa shape index (κ1) is 15.4. The Labute approximate surface area is 129 Å². The van der Waals surface area contributed by atoms with Crippen molar-refractivity contribution in [2.45, 2.75) is 44.1 Å². The molecule has 0 bridgehead atoms. The second-order valence-electron chi connectivity index (χ2n) is 6.44. The summed E-state index contributed by atoms with van der Waals surface area (Å²) < 4.78 is 32.1. The molecule has 1 aromatic rings. The SMILES string of the molecule is COCCC1(C(=O)N[C@@H]2C[C@@H]2c2cccc(F)c2F)CCC1. The Morgan fingerprint density at radius 2 is 2.18 bits per heavy atom. The summed E-state index contributed by atoms with van der Waals surface area (Å²) in [6.45, 7) is 0.569. The summed E-state index contributed by atoms with van der Waals surface area (Å²) in [5, 5.41) is 3.02. The van der Waals surface area contributed by atoms with Crippen molar-refractivity contribution in [2.24, 2.45) is 5.41 Å². The molecule has 0 heterocycles. The Bertz CT molecular complexity index is 572. The van der Waals surface area contributed by atoms with Gasteiger partial charge >= 0.3 is 0 Å². The lowest BCUT2D eigenvalue weighted by Gasteiger charge is -2.40. The van der Waals surface area contributed by atoms with Crippen LogP contribution in [-0.2, 0) is 9.53 Å². The number of halogens is 2. The van der Waals surface area contributed by atoms with Crippen molar-refractivity contribution in [3.63, 3.8) is 0 Å². The molecule has 3 rings (SSSR count). The van der Waals surface area contributed by atoms with Gasteiger partial charge in [-0.2, -0.15) is 0 Å². The third kappa shape index (κ3) is 2.74. The minimum absolute atomic E-state index is 0.0418. The van der Waals surface area contributed by atoms with Crippen LogP contribution in [0.5, 0.6) is 0 Å². The lowest BCUT2D eigenvalue weighted by Crippen LogP contribution is -2.47. The Morgan fingerprint density at radius 1 is 1.41 bits per heavy atom. The number of benzene rings is 1. The summed E-state index contributed by atoms with van der Waals surface area (Å²) in [5.41, 5.74) is 0.0498. The maximum Gasteiger partial charge on any atom is 0.226 e. The van der Waals surface area contributed by atoms with E-state index in [-0.39, 0.29) is 23.3 Å². The molecule has 2 saturated carbocycles. The Morgan fingerprint density at radius 3 is 2.82 bits per heavy atom. The van der Waals surface area contributed by atoms with E-state index in [1.807, 2.05) is 0 Å². The molecular formula is C17H21F2NO2.